The van der Waals surface area contributed by atoms with Gasteiger partial charge in [0, 0.05) is 19.0 Å². The highest BCUT2D eigenvalue weighted by molar-refractivity contribution is 5.92. The van der Waals surface area contributed by atoms with Crippen molar-refractivity contribution >= 4 is 17.8 Å². The van der Waals surface area contributed by atoms with Crippen LogP contribution in [0.25, 0.3) is 0 Å². The summed E-state index contributed by atoms with van der Waals surface area (Å²) in [6.07, 6.45) is 0.152. The third-order valence-electron chi connectivity index (χ3n) is 3.12. The van der Waals surface area contributed by atoms with Crippen LogP contribution in [-0.2, 0) is 14.4 Å². The largest absolute Gasteiger partial charge is 0.480 e. The van der Waals surface area contributed by atoms with Gasteiger partial charge in [0.1, 0.15) is 5.54 Å². The Labute approximate surface area is 106 Å². The molecule has 0 radical (unpaired) electrons. The fourth-order valence-electron chi connectivity index (χ4n) is 1.87. The maximum Gasteiger partial charge on any atom is 0.328 e. The molecule has 1 saturated heterocycles. The van der Waals surface area contributed by atoms with Crippen molar-refractivity contribution < 1.29 is 19.5 Å². The van der Waals surface area contributed by atoms with Crippen LogP contribution < -0.4 is 5.32 Å². The first kappa shape index (κ1) is 14.5. The molecule has 1 aliphatic rings. The van der Waals surface area contributed by atoms with Crippen molar-refractivity contribution in [3.63, 3.8) is 0 Å². The molecule has 0 spiro atoms. The maximum absolute atomic E-state index is 11.9. The molecule has 0 aliphatic carbocycles. The van der Waals surface area contributed by atoms with Crippen LogP contribution in [0.15, 0.2) is 0 Å². The van der Waals surface area contributed by atoms with Gasteiger partial charge < -0.3 is 15.3 Å². The van der Waals surface area contributed by atoms with E-state index in [1.165, 1.54) is 13.8 Å². The van der Waals surface area contributed by atoms with Crippen LogP contribution in [0.2, 0.25) is 0 Å². The predicted octanol–water partition coefficient (Wildman–Crippen LogP) is 0.223. The molecule has 1 aliphatic heterocycles. The van der Waals surface area contributed by atoms with Crippen molar-refractivity contribution in [3.05, 3.63) is 0 Å². The van der Waals surface area contributed by atoms with E-state index in [4.69, 9.17) is 5.11 Å². The molecular weight excluding hydrogens is 236 g/mol. The van der Waals surface area contributed by atoms with E-state index in [1.54, 1.807) is 4.90 Å². The topological polar surface area (TPSA) is 86.7 Å². The van der Waals surface area contributed by atoms with Gasteiger partial charge in [-0.05, 0) is 27.7 Å². The molecule has 1 fully saturated rings. The molecule has 2 N–H and O–H groups in total. The number of nitrogens with zero attached hydrogens (tertiary/aromatic N) is 1. The normalized spacial score (nSPS) is 20.4. The van der Waals surface area contributed by atoms with Crippen molar-refractivity contribution in [2.45, 2.75) is 45.7 Å². The summed E-state index contributed by atoms with van der Waals surface area (Å²) in [5.41, 5.74) is -1.31. The third-order valence-corrected chi connectivity index (χ3v) is 3.12. The average molecular weight is 256 g/mol. The number of likely N-dealkylation sites (tertiary alicyclic amines) is 1. The van der Waals surface area contributed by atoms with Crippen LogP contribution in [0.5, 0.6) is 0 Å². The van der Waals surface area contributed by atoms with Gasteiger partial charge in [0.15, 0.2) is 0 Å². The zero-order valence-electron chi connectivity index (χ0n) is 11.2. The number of carbonyl (C=O) groups is 3. The SMILES string of the molecule is CC(C)N1CC(C(=O)NC(C)(C)C(=O)O)CC1=O. The van der Waals surface area contributed by atoms with Crippen molar-refractivity contribution in [2.75, 3.05) is 6.54 Å². The molecular formula is C12H20N2O4. The van der Waals surface area contributed by atoms with E-state index in [0.717, 1.165) is 0 Å². The molecule has 1 atom stereocenters. The summed E-state index contributed by atoms with van der Waals surface area (Å²) in [6.45, 7) is 6.98. The van der Waals surface area contributed by atoms with E-state index < -0.39 is 17.4 Å². The average Bonchev–Trinajstić information content (AvgIpc) is 2.59. The van der Waals surface area contributed by atoms with Crippen LogP contribution in [0.1, 0.15) is 34.1 Å². The lowest BCUT2D eigenvalue weighted by molar-refractivity contribution is -0.146. The number of nitrogens with one attached hydrogen (secondary N) is 1. The predicted molar refractivity (Wildman–Crippen MR) is 64.8 cm³/mol. The van der Waals surface area contributed by atoms with E-state index >= 15 is 0 Å². The van der Waals surface area contributed by atoms with Crippen molar-refractivity contribution in [1.29, 1.82) is 0 Å². The van der Waals surface area contributed by atoms with Crippen molar-refractivity contribution in [3.8, 4) is 0 Å². The zero-order valence-corrected chi connectivity index (χ0v) is 11.2. The highest BCUT2D eigenvalue weighted by Gasteiger charge is 2.38. The monoisotopic (exact) mass is 256 g/mol. The second-order valence-corrected chi connectivity index (χ2v) is 5.46. The van der Waals surface area contributed by atoms with Crippen LogP contribution in [0.4, 0.5) is 0 Å². The van der Waals surface area contributed by atoms with Gasteiger partial charge in [-0.2, -0.15) is 0 Å². The van der Waals surface area contributed by atoms with Gasteiger partial charge in [-0.3, -0.25) is 9.59 Å². The van der Waals surface area contributed by atoms with Crippen LogP contribution in [0.3, 0.4) is 0 Å². The summed E-state index contributed by atoms with van der Waals surface area (Å²) in [5, 5.41) is 11.4. The molecule has 0 saturated carbocycles. The number of amides is 2. The third kappa shape index (κ3) is 3.00. The summed E-state index contributed by atoms with van der Waals surface area (Å²) in [7, 11) is 0. The molecule has 102 valence electrons. The van der Waals surface area contributed by atoms with Crippen molar-refractivity contribution in [2.24, 2.45) is 5.92 Å². The first-order chi connectivity index (χ1) is 8.15. The molecule has 1 unspecified atom stereocenters. The molecule has 18 heavy (non-hydrogen) atoms. The summed E-state index contributed by atoms with van der Waals surface area (Å²) in [4.78, 5) is 36.1. The lowest BCUT2D eigenvalue weighted by Crippen LogP contribution is -2.51. The highest BCUT2D eigenvalue weighted by atomic mass is 16.4. The summed E-state index contributed by atoms with van der Waals surface area (Å²) in [6, 6.07) is 0.0581. The van der Waals surface area contributed by atoms with Gasteiger partial charge in [-0.15, -0.1) is 0 Å². The fourth-order valence-corrected chi connectivity index (χ4v) is 1.87. The number of aliphatic carboxylic acids is 1. The summed E-state index contributed by atoms with van der Waals surface area (Å²) >= 11 is 0. The number of hydrogen-bond donors (Lipinski definition) is 2. The fraction of sp³-hybridized carbons (Fsp3) is 0.750. The van der Waals surface area contributed by atoms with E-state index in [0.29, 0.717) is 6.54 Å². The van der Waals surface area contributed by atoms with Crippen LogP contribution in [-0.4, -0.2) is 45.9 Å². The Balaban J connectivity index is 2.66. The molecule has 6 heteroatoms. The summed E-state index contributed by atoms with van der Waals surface area (Å²) in [5.74, 6) is -1.99. The lowest BCUT2D eigenvalue weighted by atomic mass is 10.0. The Morgan fingerprint density at radius 2 is 2.00 bits per heavy atom. The Morgan fingerprint density at radius 1 is 1.44 bits per heavy atom. The van der Waals surface area contributed by atoms with E-state index in [1.807, 2.05) is 13.8 Å². The molecule has 0 bridgehead atoms. The molecule has 1 heterocycles. The van der Waals surface area contributed by atoms with Gasteiger partial charge in [0.2, 0.25) is 11.8 Å². The molecule has 0 aromatic rings. The number of carboxylic acids is 1. The van der Waals surface area contributed by atoms with Gasteiger partial charge in [0.25, 0.3) is 0 Å². The minimum atomic E-state index is -1.31. The van der Waals surface area contributed by atoms with Crippen LogP contribution in [0, 0.1) is 5.92 Å². The van der Waals surface area contributed by atoms with Gasteiger partial charge in [-0.1, -0.05) is 0 Å². The molecule has 0 aromatic carbocycles. The Hall–Kier alpha value is -1.59. The highest BCUT2D eigenvalue weighted by Crippen LogP contribution is 2.21. The number of carbonyl (C=O) groups excluding carboxylic acids is 2. The molecule has 6 nitrogen and oxygen atoms in total. The molecule has 1 rings (SSSR count). The smallest absolute Gasteiger partial charge is 0.328 e. The Kier molecular flexibility index (Phi) is 3.98. The van der Waals surface area contributed by atoms with Crippen molar-refractivity contribution in [1.82, 2.24) is 10.2 Å². The van der Waals surface area contributed by atoms with E-state index in [2.05, 4.69) is 5.32 Å². The molecule has 2 amide bonds. The second-order valence-electron chi connectivity index (χ2n) is 5.46. The minimum absolute atomic E-state index is 0.0571. The lowest BCUT2D eigenvalue weighted by Gasteiger charge is -2.24. The standard InChI is InChI=1S/C12H20N2O4/c1-7(2)14-6-8(5-9(14)15)10(16)13-12(3,4)11(17)18/h7-8H,5-6H2,1-4H3,(H,13,16)(H,17,18). The van der Waals surface area contributed by atoms with Crippen LogP contribution >= 0.6 is 0 Å². The van der Waals surface area contributed by atoms with E-state index in [-0.39, 0.29) is 24.3 Å². The van der Waals surface area contributed by atoms with Gasteiger partial charge in [-0.25, -0.2) is 4.79 Å². The quantitative estimate of drug-likeness (QED) is 0.753. The maximum atomic E-state index is 11.9. The summed E-state index contributed by atoms with van der Waals surface area (Å²) < 4.78 is 0. The minimum Gasteiger partial charge on any atom is -0.480 e. The van der Waals surface area contributed by atoms with Gasteiger partial charge in [0.05, 0.1) is 5.92 Å². The first-order valence-electron chi connectivity index (χ1n) is 6.00. The first-order valence-corrected chi connectivity index (χ1v) is 6.00. The number of carboxylic acid groups (broad SMARTS) is 1. The number of hydrogen-bond acceptors (Lipinski definition) is 3. The number of rotatable bonds is 4. The van der Waals surface area contributed by atoms with E-state index in [9.17, 15) is 14.4 Å². The zero-order chi connectivity index (χ0) is 14.1. The molecule has 0 aromatic heterocycles. The Bertz CT molecular complexity index is 376. The van der Waals surface area contributed by atoms with Gasteiger partial charge >= 0.3 is 5.97 Å². The Morgan fingerprint density at radius 3 is 2.39 bits per heavy atom. The second kappa shape index (κ2) is 4.96.